The molecule has 7 heteroatoms. The van der Waals surface area contributed by atoms with Gasteiger partial charge in [-0.2, -0.15) is 12.6 Å². The number of ether oxygens (including phenoxy) is 1. The number of carboxylic acids is 1. The molecule has 0 unspecified atom stereocenters. The number of hydrogen-bond donors (Lipinski definition) is 2. The van der Waals surface area contributed by atoms with Crippen LogP contribution in [0.4, 0.5) is 0 Å². The van der Waals surface area contributed by atoms with E-state index in [1.54, 1.807) is 12.1 Å². The van der Waals surface area contributed by atoms with Crippen LogP contribution in [0.3, 0.4) is 0 Å². The van der Waals surface area contributed by atoms with Crippen LogP contribution < -0.4 is 4.74 Å². The third kappa shape index (κ3) is 4.34. The van der Waals surface area contributed by atoms with E-state index in [0.29, 0.717) is 11.5 Å². The standard InChI is InChI=1S/C17H23BO5S/c1-16(2)17(3,4)23-18(22-16)13(11-24)9-12-5-7-14(8-6-12)21-10-15(19)20/h5-9,24H,10-11H2,1-4H3,(H,19,20). The molecule has 1 saturated heterocycles. The van der Waals surface area contributed by atoms with Gasteiger partial charge in [0, 0.05) is 5.75 Å². The van der Waals surface area contributed by atoms with E-state index >= 15 is 0 Å². The zero-order valence-electron chi connectivity index (χ0n) is 14.4. The summed E-state index contributed by atoms with van der Waals surface area (Å²) >= 11 is 4.39. The number of carboxylic acid groups (broad SMARTS) is 1. The fraction of sp³-hybridized carbons (Fsp3) is 0.471. The summed E-state index contributed by atoms with van der Waals surface area (Å²) in [7, 11) is -0.435. The maximum atomic E-state index is 10.5. The first-order valence-electron chi connectivity index (χ1n) is 7.76. The normalized spacial score (nSPS) is 19.4. The van der Waals surface area contributed by atoms with Crippen molar-refractivity contribution < 1.29 is 23.9 Å². The van der Waals surface area contributed by atoms with Crippen LogP contribution in [0, 0.1) is 0 Å². The summed E-state index contributed by atoms with van der Waals surface area (Å²) in [6, 6.07) is 7.17. The molecule has 0 spiro atoms. The predicted octanol–water partition coefficient (Wildman–Crippen LogP) is 3.09. The van der Waals surface area contributed by atoms with Crippen LogP contribution in [0.25, 0.3) is 6.08 Å². The summed E-state index contributed by atoms with van der Waals surface area (Å²) < 4.78 is 17.2. The molecule has 0 amide bonds. The van der Waals surface area contributed by atoms with Gasteiger partial charge in [0.25, 0.3) is 0 Å². The second kappa shape index (κ2) is 7.21. The van der Waals surface area contributed by atoms with Gasteiger partial charge in [-0.3, -0.25) is 0 Å². The minimum Gasteiger partial charge on any atom is -0.482 e. The molecule has 0 saturated carbocycles. The highest BCUT2D eigenvalue weighted by Gasteiger charge is 2.52. The fourth-order valence-electron chi connectivity index (χ4n) is 2.20. The molecule has 1 heterocycles. The van der Waals surface area contributed by atoms with E-state index in [4.69, 9.17) is 19.2 Å². The average molecular weight is 350 g/mol. The molecule has 24 heavy (non-hydrogen) atoms. The maximum Gasteiger partial charge on any atom is 0.491 e. The third-order valence-electron chi connectivity index (χ3n) is 4.33. The van der Waals surface area contributed by atoms with Gasteiger partial charge in [0.05, 0.1) is 11.2 Å². The lowest BCUT2D eigenvalue weighted by molar-refractivity contribution is -0.139. The summed E-state index contributed by atoms with van der Waals surface area (Å²) in [6.45, 7) is 7.69. The van der Waals surface area contributed by atoms with Gasteiger partial charge in [-0.1, -0.05) is 18.2 Å². The topological polar surface area (TPSA) is 65.0 Å². The molecule has 0 aromatic heterocycles. The van der Waals surface area contributed by atoms with E-state index in [1.807, 2.05) is 45.9 Å². The Kier molecular flexibility index (Phi) is 5.68. The van der Waals surface area contributed by atoms with Crippen molar-refractivity contribution in [3.8, 4) is 5.75 Å². The summed E-state index contributed by atoms with van der Waals surface area (Å²) in [5.41, 5.74) is 1.08. The van der Waals surface area contributed by atoms with Crippen molar-refractivity contribution in [1.82, 2.24) is 0 Å². The van der Waals surface area contributed by atoms with E-state index in [9.17, 15) is 4.79 Å². The monoisotopic (exact) mass is 350 g/mol. The highest BCUT2D eigenvalue weighted by Crippen LogP contribution is 2.39. The zero-order chi connectivity index (χ0) is 18.0. The van der Waals surface area contributed by atoms with Crippen molar-refractivity contribution in [3.63, 3.8) is 0 Å². The summed E-state index contributed by atoms with van der Waals surface area (Å²) in [4.78, 5) is 10.5. The van der Waals surface area contributed by atoms with Crippen molar-refractivity contribution >= 4 is 31.8 Å². The predicted molar refractivity (Wildman–Crippen MR) is 97.5 cm³/mol. The summed E-state index contributed by atoms with van der Waals surface area (Å²) in [6.07, 6.45) is 1.97. The van der Waals surface area contributed by atoms with Crippen LogP contribution >= 0.6 is 12.6 Å². The Hall–Kier alpha value is -1.44. The van der Waals surface area contributed by atoms with E-state index in [0.717, 1.165) is 11.0 Å². The van der Waals surface area contributed by atoms with Gasteiger partial charge in [0.1, 0.15) is 5.75 Å². The first-order valence-corrected chi connectivity index (χ1v) is 8.39. The van der Waals surface area contributed by atoms with Gasteiger partial charge in [-0.15, -0.1) is 0 Å². The Labute approximate surface area is 148 Å². The molecule has 0 radical (unpaired) electrons. The smallest absolute Gasteiger partial charge is 0.482 e. The molecule has 0 bridgehead atoms. The SMILES string of the molecule is CC1(C)OB(C(=Cc2ccc(OCC(=O)O)cc2)CS)OC1(C)C. The van der Waals surface area contributed by atoms with Crippen molar-refractivity contribution in [2.75, 3.05) is 12.4 Å². The Morgan fingerprint density at radius 3 is 2.21 bits per heavy atom. The molecule has 1 aromatic rings. The minimum atomic E-state index is -1.00. The molecular formula is C17H23BO5S. The van der Waals surface area contributed by atoms with E-state index < -0.39 is 24.3 Å². The van der Waals surface area contributed by atoms with Crippen molar-refractivity contribution in [1.29, 1.82) is 0 Å². The van der Waals surface area contributed by atoms with Crippen LogP contribution in [-0.4, -0.2) is 41.8 Å². The Morgan fingerprint density at radius 1 is 1.21 bits per heavy atom. The van der Waals surface area contributed by atoms with Crippen LogP contribution in [-0.2, 0) is 14.1 Å². The number of hydrogen-bond acceptors (Lipinski definition) is 5. The summed E-state index contributed by atoms with van der Waals surface area (Å²) in [5, 5.41) is 8.62. The number of aliphatic carboxylic acids is 1. The lowest BCUT2D eigenvalue weighted by atomic mass is 9.78. The average Bonchev–Trinajstić information content (AvgIpc) is 2.72. The lowest BCUT2D eigenvalue weighted by Gasteiger charge is -2.32. The highest BCUT2D eigenvalue weighted by molar-refractivity contribution is 7.80. The molecule has 130 valence electrons. The van der Waals surface area contributed by atoms with E-state index in [2.05, 4.69) is 12.6 Å². The molecule has 0 atom stereocenters. The van der Waals surface area contributed by atoms with Crippen molar-refractivity contribution in [3.05, 3.63) is 35.3 Å². The molecule has 1 N–H and O–H groups in total. The Morgan fingerprint density at radius 2 is 1.75 bits per heavy atom. The second-order valence-electron chi connectivity index (χ2n) is 6.72. The lowest BCUT2D eigenvalue weighted by Crippen LogP contribution is -2.41. The second-order valence-corrected chi connectivity index (χ2v) is 7.03. The highest BCUT2D eigenvalue weighted by atomic mass is 32.1. The molecule has 2 rings (SSSR count). The quantitative estimate of drug-likeness (QED) is 0.610. The maximum absolute atomic E-state index is 10.5. The molecular weight excluding hydrogens is 327 g/mol. The fourth-order valence-corrected chi connectivity index (χ4v) is 2.44. The number of carbonyl (C=O) groups is 1. The van der Waals surface area contributed by atoms with Crippen molar-refractivity contribution in [2.45, 2.75) is 38.9 Å². The first kappa shape index (κ1) is 18.9. The van der Waals surface area contributed by atoms with E-state index in [-0.39, 0.29) is 6.61 Å². The zero-order valence-corrected chi connectivity index (χ0v) is 15.3. The largest absolute Gasteiger partial charge is 0.491 e. The summed E-state index contributed by atoms with van der Waals surface area (Å²) in [5.74, 6) is 0.0170. The molecule has 1 aliphatic rings. The van der Waals surface area contributed by atoms with Crippen LogP contribution in [0.5, 0.6) is 5.75 Å². The van der Waals surface area contributed by atoms with Crippen LogP contribution in [0.1, 0.15) is 33.3 Å². The number of rotatable bonds is 6. The van der Waals surface area contributed by atoms with Gasteiger partial charge in [-0.25, -0.2) is 4.79 Å². The molecule has 1 fully saturated rings. The number of benzene rings is 1. The molecule has 0 aliphatic carbocycles. The van der Waals surface area contributed by atoms with E-state index in [1.165, 1.54) is 0 Å². The van der Waals surface area contributed by atoms with Crippen molar-refractivity contribution in [2.24, 2.45) is 0 Å². The molecule has 1 aliphatic heterocycles. The van der Waals surface area contributed by atoms with Crippen LogP contribution in [0.2, 0.25) is 0 Å². The molecule has 1 aromatic carbocycles. The van der Waals surface area contributed by atoms with Gasteiger partial charge < -0.3 is 19.2 Å². The van der Waals surface area contributed by atoms with Gasteiger partial charge in [0.15, 0.2) is 6.61 Å². The van der Waals surface area contributed by atoms with Gasteiger partial charge >= 0.3 is 13.1 Å². The van der Waals surface area contributed by atoms with Gasteiger partial charge in [-0.05, 0) is 50.9 Å². The first-order chi connectivity index (χ1) is 11.1. The minimum absolute atomic E-state index is 0.356. The Balaban J connectivity index is 2.12. The van der Waals surface area contributed by atoms with Crippen LogP contribution in [0.15, 0.2) is 29.7 Å². The third-order valence-corrected chi connectivity index (χ3v) is 4.70. The van der Waals surface area contributed by atoms with Gasteiger partial charge in [0.2, 0.25) is 0 Å². The number of thiol groups is 1. The molecule has 5 nitrogen and oxygen atoms in total. The Bertz CT molecular complexity index is 608.